The number of aliphatic carboxylic acids is 1. The average Bonchev–Trinajstić information content (AvgIpc) is 2.63. The molecule has 0 spiro atoms. The van der Waals surface area contributed by atoms with Crippen LogP contribution >= 0.6 is 23.8 Å². The average molecular weight is 299 g/mol. The van der Waals surface area contributed by atoms with Gasteiger partial charge < -0.3 is 10.4 Å². The molecule has 1 aromatic rings. The zero-order valence-electron chi connectivity index (χ0n) is 9.80. The molecule has 2 rings (SSSR count). The molecule has 100 valence electrons. The van der Waals surface area contributed by atoms with E-state index in [1.807, 2.05) is 0 Å². The molecule has 1 aliphatic heterocycles. The second-order valence-corrected chi connectivity index (χ2v) is 4.91. The molecule has 1 fully saturated rings. The maximum absolute atomic E-state index is 12.2. The number of carbonyl (C=O) groups excluding carboxylic acids is 1. The topological polar surface area (TPSA) is 69.6 Å². The lowest BCUT2D eigenvalue weighted by molar-refractivity contribution is -0.137. The van der Waals surface area contributed by atoms with Gasteiger partial charge >= 0.3 is 5.97 Å². The summed E-state index contributed by atoms with van der Waals surface area (Å²) in [6.07, 6.45) is 0.124. The normalized spacial score (nSPS) is 18.6. The molecule has 19 heavy (non-hydrogen) atoms. The molecule has 0 aromatic heterocycles. The second-order valence-electron chi connectivity index (χ2n) is 4.08. The van der Waals surface area contributed by atoms with E-state index < -0.39 is 12.0 Å². The SMILES string of the molecule is O=C(O)CC[C@@H]1NC(=S)N(c2ccc(Cl)cc2)C1=O. The molecule has 1 heterocycles. The van der Waals surface area contributed by atoms with Crippen molar-refractivity contribution in [1.29, 1.82) is 0 Å². The van der Waals surface area contributed by atoms with Crippen LogP contribution in [0, 0.1) is 0 Å². The summed E-state index contributed by atoms with van der Waals surface area (Å²) in [6, 6.07) is 6.12. The smallest absolute Gasteiger partial charge is 0.303 e. The van der Waals surface area contributed by atoms with Gasteiger partial charge in [0.15, 0.2) is 5.11 Å². The summed E-state index contributed by atoms with van der Waals surface area (Å²) in [5.41, 5.74) is 0.615. The molecule has 1 aliphatic rings. The predicted octanol–water partition coefficient (Wildman–Crippen LogP) is 1.79. The third-order valence-electron chi connectivity index (χ3n) is 2.75. The Morgan fingerprint density at radius 3 is 2.63 bits per heavy atom. The van der Waals surface area contributed by atoms with E-state index >= 15 is 0 Å². The Balaban J connectivity index is 2.14. The Hall–Kier alpha value is -1.66. The van der Waals surface area contributed by atoms with E-state index in [9.17, 15) is 9.59 Å². The summed E-state index contributed by atoms with van der Waals surface area (Å²) in [5, 5.41) is 12.3. The number of halogens is 1. The van der Waals surface area contributed by atoms with Crippen LogP contribution in [0.5, 0.6) is 0 Å². The quantitative estimate of drug-likeness (QED) is 0.830. The number of carboxylic acid groups (broad SMARTS) is 1. The van der Waals surface area contributed by atoms with Gasteiger partial charge in [-0.2, -0.15) is 0 Å². The monoisotopic (exact) mass is 298 g/mol. The van der Waals surface area contributed by atoms with Gasteiger partial charge in [-0.3, -0.25) is 14.5 Å². The minimum absolute atomic E-state index is 0.0829. The highest BCUT2D eigenvalue weighted by atomic mass is 35.5. The maximum atomic E-state index is 12.2. The van der Waals surface area contributed by atoms with Crippen LogP contribution in [0.15, 0.2) is 24.3 Å². The van der Waals surface area contributed by atoms with Crippen molar-refractivity contribution in [2.24, 2.45) is 0 Å². The number of benzene rings is 1. The summed E-state index contributed by atoms with van der Waals surface area (Å²) >= 11 is 10.9. The lowest BCUT2D eigenvalue weighted by atomic mass is 10.1. The van der Waals surface area contributed by atoms with E-state index in [0.29, 0.717) is 10.7 Å². The molecular formula is C12H11ClN2O3S. The van der Waals surface area contributed by atoms with Crippen LogP contribution in [0.1, 0.15) is 12.8 Å². The molecular weight excluding hydrogens is 288 g/mol. The Labute approximate surface area is 120 Å². The first kappa shape index (κ1) is 13.8. The molecule has 2 N–H and O–H groups in total. The van der Waals surface area contributed by atoms with Crippen molar-refractivity contribution in [3.05, 3.63) is 29.3 Å². The lowest BCUT2D eigenvalue weighted by Crippen LogP contribution is -2.31. The fourth-order valence-electron chi connectivity index (χ4n) is 1.83. The van der Waals surface area contributed by atoms with E-state index in [4.69, 9.17) is 28.9 Å². The van der Waals surface area contributed by atoms with Gasteiger partial charge in [-0.25, -0.2) is 0 Å². The summed E-state index contributed by atoms with van der Waals surface area (Å²) in [4.78, 5) is 24.1. The highest BCUT2D eigenvalue weighted by Gasteiger charge is 2.36. The number of nitrogens with zero attached hydrogens (tertiary/aromatic N) is 1. The Kier molecular flexibility index (Phi) is 4.01. The summed E-state index contributed by atoms with van der Waals surface area (Å²) in [7, 11) is 0. The first-order valence-electron chi connectivity index (χ1n) is 5.61. The van der Waals surface area contributed by atoms with E-state index in [1.165, 1.54) is 4.90 Å². The van der Waals surface area contributed by atoms with E-state index in [-0.39, 0.29) is 23.9 Å². The van der Waals surface area contributed by atoms with Gasteiger partial charge in [0.2, 0.25) is 0 Å². The zero-order valence-corrected chi connectivity index (χ0v) is 11.4. The molecule has 1 aromatic carbocycles. The Morgan fingerprint density at radius 1 is 1.42 bits per heavy atom. The van der Waals surface area contributed by atoms with Crippen LogP contribution < -0.4 is 10.2 Å². The van der Waals surface area contributed by atoms with Crippen molar-refractivity contribution < 1.29 is 14.7 Å². The molecule has 7 heteroatoms. The zero-order chi connectivity index (χ0) is 14.0. The number of hydrogen-bond donors (Lipinski definition) is 2. The van der Waals surface area contributed by atoms with Crippen molar-refractivity contribution >= 4 is 46.5 Å². The van der Waals surface area contributed by atoms with Crippen LogP contribution in [0.4, 0.5) is 5.69 Å². The number of amides is 1. The van der Waals surface area contributed by atoms with Crippen molar-refractivity contribution in [2.45, 2.75) is 18.9 Å². The van der Waals surface area contributed by atoms with Crippen molar-refractivity contribution in [2.75, 3.05) is 4.90 Å². The van der Waals surface area contributed by atoms with Gasteiger partial charge in [0.1, 0.15) is 6.04 Å². The number of rotatable bonds is 4. The molecule has 0 saturated carbocycles. The van der Waals surface area contributed by atoms with Gasteiger partial charge in [0.05, 0.1) is 5.69 Å². The highest BCUT2D eigenvalue weighted by molar-refractivity contribution is 7.80. The van der Waals surface area contributed by atoms with Crippen LogP contribution in [0.2, 0.25) is 5.02 Å². The van der Waals surface area contributed by atoms with Gasteiger partial charge in [0.25, 0.3) is 5.91 Å². The molecule has 1 atom stereocenters. The molecule has 0 unspecified atom stereocenters. The second kappa shape index (κ2) is 5.54. The summed E-state index contributed by atoms with van der Waals surface area (Å²) in [6.45, 7) is 0. The van der Waals surface area contributed by atoms with Crippen LogP contribution in [-0.4, -0.2) is 28.1 Å². The van der Waals surface area contributed by atoms with Crippen molar-refractivity contribution in [1.82, 2.24) is 5.32 Å². The Bertz CT molecular complexity index is 532. The summed E-state index contributed by atoms with van der Waals surface area (Å²) < 4.78 is 0. The molecule has 5 nitrogen and oxygen atoms in total. The Morgan fingerprint density at radius 2 is 2.05 bits per heavy atom. The molecule has 1 amide bonds. The molecule has 0 aliphatic carbocycles. The van der Waals surface area contributed by atoms with Crippen molar-refractivity contribution in [3.8, 4) is 0 Å². The van der Waals surface area contributed by atoms with E-state index in [2.05, 4.69) is 5.32 Å². The minimum Gasteiger partial charge on any atom is -0.481 e. The third kappa shape index (κ3) is 3.02. The van der Waals surface area contributed by atoms with Gasteiger partial charge in [-0.1, -0.05) is 11.6 Å². The van der Waals surface area contributed by atoms with Crippen molar-refractivity contribution in [3.63, 3.8) is 0 Å². The van der Waals surface area contributed by atoms with Gasteiger partial charge in [-0.15, -0.1) is 0 Å². The lowest BCUT2D eigenvalue weighted by Gasteiger charge is -2.14. The fraction of sp³-hybridized carbons (Fsp3) is 0.250. The number of carboxylic acids is 1. The number of hydrogen-bond acceptors (Lipinski definition) is 3. The molecule has 0 radical (unpaired) electrons. The largest absolute Gasteiger partial charge is 0.481 e. The number of anilines is 1. The highest BCUT2D eigenvalue weighted by Crippen LogP contribution is 2.23. The van der Waals surface area contributed by atoms with Crippen LogP contribution in [0.3, 0.4) is 0 Å². The number of nitrogens with one attached hydrogen (secondary N) is 1. The van der Waals surface area contributed by atoms with E-state index in [0.717, 1.165) is 0 Å². The van der Waals surface area contributed by atoms with Crippen LogP contribution in [-0.2, 0) is 9.59 Å². The molecule has 1 saturated heterocycles. The molecule has 0 bridgehead atoms. The third-order valence-corrected chi connectivity index (χ3v) is 3.30. The summed E-state index contributed by atoms with van der Waals surface area (Å²) in [5.74, 6) is -1.18. The van der Waals surface area contributed by atoms with Gasteiger partial charge in [0, 0.05) is 11.4 Å². The predicted molar refractivity (Wildman–Crippen MR) is 75.3 cm³/mol. The number of carbonyl (C=O) groups is 2. The first-order chi connectivity index (χ1) is 8.99. The van der Waals surface area contributed by atoms with Gasteiger partial charge in [-0.05, 0) is 42.9 Å². The van der Waals surface area contributed by atoms with Crippen LogP contribution in [0.25, 0.3) is 0 Å². The standard InChI is InChI=1S/C12H11ClN2O3S/c13-7-1-3-8(4-2-7)15-11(18)9(14-12(15)19)5-6-10(16)17/h1-4,9H,5-6H2,(H,14,19)(H,16,17)/t9-/m0/s1. The first-order valence-corrected chi connectivity index (χ1v) is 6.39. The maximum Gasteiger partial charge on any atom is 0.303 e. The van der Waals surface area contributed by atoms with E-state index in [1.54, 1.807) is 24.3 Å². The number of thiocarbonyl (C=S) groups is 1. The minimum atomic E-state index is -0.939. The fourth-order valence-corrected chi connectivity index (χ4v) is 2.29.